The first kappa shape index (κ1) is 35.4. The molecule has 2 atom stereocenters. The van der Waals surface area contributed by atoms with Crippen LogP contribution < -0.4 is 10.6 Å². The summed E-state index contributed by atoms with van der Waals surface area (Å²) >= 11 is 6.19. The molecule has 3 aromatic carbocycles. The van der Waals surface area contributed by atoms with Gasteiger partial charge in [-0.15, -0.1) is 0 Å². The summed E-state index contributed by atoms with van der Waals surface area (Å²) in [7, 11) is 1.63. The summed E-state index contributed by atoms with van der Waals surface area (Å²) in [6, 6.07) is 22.0. The Bertz CT molecular complexity index is 2200. The van der Waals surface area contributed by atoms with Gasteiger partial charge in [-0.3, -0.25) is 23.7 Å². The molecule has 2 aromatic heterocycles. The zero-order chi connectivity index (χ0) is 36.6. The summed E-state index contributed by atoms with van der Waals surface area (Å²) < 4.78 is 8.63. The molecule has 1 saturated heterocycles. The van der Waals surface area contributed by atoms with E-state index in [0.717, 1.165) is 0 Å². The monoisotopic (exact) mass is 716 g/mol. The second-order valence-electron chi connectivity index (χ2n) is 11.8. The number of benzene rings is 3. The maximum absolute atomic E-state index is 14.1. The number of anilines is 1. The third-order valence-corrected chi connectivity index (χ3v) is 8.58. The first-order valence-corrected chi connectivity index (χ1v) is 16.7. The third-order valence-electron chi connectivity index (χ3n) is 8.35. The number of rotatable bonds is 9. The Hall–Kier alpha value is -6.41. The van der Waals surface area contributed by atoms with Crippen LogP contribution in [0.1, 0.15) is 39.6 Å². The molecule has 0 saturated carbocycles. The molecule has 0 unspecified atom stereocenters. The lowest BCUT2D eigenvalue weighted by molar-refractivity contribution is -0.148. The number of hydrogen-bond donors (Lipinski definition) is 3. The van der Waals surface area contributed by atoms with E-state index in [1.54, 1.807) is 84.7 Å². The first-order valence-electron chi connectivity index (χ1n) is 16.3. The van der Waals surface area contributed by atoms with Crippen LogP contribution in [0.15, 0.2) is 91.3 Å². The van der Waals surface area contributed by atoms with Gasteiger partial charge in [-0.25, -0.2) is 0 Å². The van der Waals surface area contributed by atoms with Crippen LogP contribution in [0.4, 0.5) is 5.69 Å². The zero-order valence-electron chi connectivity index (χ0n) is 28.0. The van der Waals surface area contributed by atoms with Gasteiger partial charge in [-0.05, 0) is 54.1 Å². The number of aromatic hydroxyl groups is 1. The van der Waals surface area contributed by atoms with Crippen molar-refractivity contribution < 1.29 is 24.2 Å². The third kappa shape index (κ3) is 8.13. The second kappa shape index (κ2) is 16.1. The van der Waals surface area contributed by atoms with E-state index in [4.69, 9.17) is 21.6 Å². The molecule has 3 heterocycles. The predicted molar refractivity (Wildman–Crippen MR) is 192 cm³/mol. The fourth-order valence-corrected chi connectivity index (χ4v) is 5.85. The van der Waals surface area contributed by atoms with Crippen LogP contribution >= 0.6 is 11.6 Å². The van der Waals surface area contributed by atoms with E-state index in [0.29, 0.717) is 45.2 Å². The largest absolute Gasteiger partial charge is 0.507 e. The van der Waals surface area contributed by atoms with Crippen LogP contribution in [-0.4, -0.2) is 73.1 Å². The number of morpholine rings is 1. The second-order valence-corrected chi connectivity index (χ2v) is 12.3. The lowest BCUT2D eigenvalue weighted by atomic mass is 10.0. The molecule has 3 N–H and O–H groups in total. The Morgan fingerprint density at radius 2 is 1.87 bits per heavy atom. The Balaban J connectivity index is 1.18. The van der Waals surface area contributed by atoms with Gasteiger partial charge in [-0.2, -0.15) is 15.5 Å². The standard InChI is InChI=1S/C38H33ClN8O5/c1-45-31(16-18-41-45)36(49)43-35(26-6-3-2-4-7-26)38(51)47-20-21-52-24-32(47)37(50)42-29-13-9-25(10-14-29)8-11-27-23-46(19-5-17-40)44-34(27)30-22-28(39)12-15-33(30)48/h2-4,6-7,9-10,12-16,18,22-23,32,35,48H,5,19-21,24H2,1H3,(H,42,50)(H,43,49)/t32-,35+/m0/s1. The Kier molecular flexibility index (Phi) is 11.0. The van der Waals surface area contributed by atoms with Crippen LogP contribution in [0.2, 0.25) is 5.02 Å². The lowest BCUT2D eigenvalue weighted by Crippen LogP contribution is -2.57. The number of carbonyl (C=O) groups is 3. The Morgan fingerprint density at radius 1 is 1.08 bits per heavy atom. The number of nitrogens with zero attached hydrogens (tertiary/aromatic N) is 6. The molecule has 1 aliphatic heterocycles. The van der Waals surface area contributed by atoms with Crippen molar-refractivity contribution in [2.24, 2.45) is 7.05 Å². The summed E-state index contributed by atoms with van der Waals surface area (Å²) in [5, 5.41) is 34.2. The fraction of sp³-hybridized carbons (Fsp3) is 0.211. The van der Waals surface area contributed by atoms with E-state index in [9.17, 15) is 19.5 Å². The topological polar surface area (TPSA) is 167 Å². The van der Waals surface area contributed by atoms with E-state index in [1.807, 2.05) is 6.07 Å². The Labute approximate surface area is 304 Å². The van der Waals surface area contributed by atoms with Gasteiger partial charge in [0.1, 0.15) is 29.2 Å². The molecular weight excluding hydrogens is 684 g/mol. The normalized spacial score (nSPS) is 14.4. The zero-order valence-corrected chi connectivity index (χ0v) is 28.7. The van der Waals surface area contributed by atoms with Crippen LogP contribution in [0.3, 0.4) is 0 Å². The SMILES string of the molecule is Cn1nccc1C(=O)N[C@@H](C(=O)N1CCOC[C@H]1C(=O)Nc1ccc(C#Cc2cn(CCC#N)nc2-c2cc(Cl)ccc2O)cc1)c1ccccc1. The van der Waals surface area contributed by atoms with Gasteiger partial charge >= 0.3 is 0 Å². The quantitative estimate of drug-likeness (QED) is 0.190. The summed E-state index contributed by atoms with van der Waals surface area (Å²) in [5.41, 5.74) is 3.33. The van der Waals surface area contributed by atoms with Crippen LogP contribution in [0.25, 0.3) is 11.3 Å². The number of nitrogens with one attached hydrogen (secondary N) is 2. The van der Waals surface area contributed by atoms with Crippen molar-refractivity contribution in [3.8, 4) is 34.9 Å². The van der Waals surface area contributed by atoms with Gasteiger partial charge in [0.25, 0.3) is 11.8 Å². The highest BCUT2D eigenvalue weighted by molar-refractivity contribution is 6.31. The minimum Gasteiger partial charge on any atom is -0.507 e. The molecule has 52 heavy (non-hydrogen) atoms. The predicted octanol–water partition coefficient (Wildman–Crippen LogP) is 4.29. The average Bonchev–Trinajstić information content (AvgIpc) is 3.79. The lowest BCUT2D eigenvalue weighted by Gasteiger charge is -2.37. The summed E-state index contributed by atoms with van der Waals surface area (Å²) in [5.74, 6) is 4.80. The summed E-state index contributed by atoms with van der Waals surface area (Å²) in [4.78, 5) is 42.3. The highest BCUT2D eigenvalue weighted by Gasteiger charge is 2.37. The first-order chi connectivity index (χ1) is 25.2. The number of halogens is 1. The van der Waals surface area contributed by atoms with Gasteiger partial charge in [0.2, 0.25) is 5.91 Å². The Morgan fingerprint density at radius 3 is 2.60 bits per heavy atom. The molecule has 14 heteroatoms. The fourth-order valence-electron chi connectivity index (χ4n) is 5.68. The van der Waals surface area contributed by atoms with Crippen molar-refractivity contribution >= 4 is 35.0 Å². The average molecular weight is 717 g/mol. The molecule has 3 amide bonds. The molecule has 1 aliphatic rings. The number of aromatic nitrogens is 4. The van der Waals surface area contributed by atoms with Crippen LogP contribution in [0.5, 0.6) is 5.75 Å². The number of carbonyl (C=O) groups excluding carboxylic acids is 3. The molecule has 5 aromatic rings. The van der Waals surface area contributed by atoms with Crippen molar-refractivity contribution in [1.82, 2.24) is 29.8 Å². The molecular formula is C38H33ClN8O5. The maximum Gasteiger partial charge on any atom is 0.270 e. The van der Waals surface area contributed by atoms with Gasteiger partial charge in [0.05, 0.1) is 37.8 Å². The molecule has 262 valence electrons. The molecule has 0 aliphatic carbocycles. The van der Waals surface area contributed by atoms with Crippen LogP contribution in [-0.2, 0) is 27.9 Å². The van der Waals surface area contributed by atoms with E-state index in [2.05, 4.69) is 38.7 Å². The number of phenolic OH excluding ortho intramolecular Hbond substituents is 1. The number of amides is 3. The molecule has 0 spiro atoms. The maximum atomic E-state index is 14.1. The van der Waals surface area contributed by atoms with Gasteiger partial charge < -0.3 is 25.4 Å². The van der Waals surface area contributed by atoms with Crippen molar-refractivity contribution in [3.05, 3.63) is 119 Å². The molecule has 0 bridgehead atoms. The number of nitriles is 1. The van der Waals surface area contributed by atoms with Crippen molar-refractivity contribution in [2.45, 2.75) is 25.0 Å². The number of aryl methyl sites for hydroxylation is 2. The van der Waals surface area contributed by atoms with Crippen LogP contribution in [0, 0.1) is 23.2 Å². The van der Waals surface area contributed by atoms with Crippen molar-refractivity contribution in [1.29, 1.82) is 5.26 Å². The molecule has 1 fully saturated rings. The molecule has 0 radical (unpaired) electrons. The van der Waals surface area contributed by atoms with E-state index < -0.39 is 29.8 Å². The highest BCUT2D eigenvalue weighted by atomic mass is 35.5. The summed E-state index contributed by atoms with van der Waals surface area (Å²) in [6.45, 7) is 0.710. The van der Waals surface area contributed by atoms with E-state index in [1.165, 1.54) is 21.8 Å². The minimum atomic E-state index is -1.06. The van der Waals surface area contributed by atoms with E-state index in [-0.39, 0.29) is 37.6 Å². The van der Waals surface area contributed by atoms with Gasteiger partial charge in [0, 0.05) is 47.8 Å². The number of phenols is 1. The van der Waals surface area contributed by atoms with E-state index >= 15 is 0 Å². The summed E-state index contributed by atoms with van der Waals surface area (Å²) in [6.07, 6.45) is 3.45. The van der Waals surface area contributed by atoms with Gasteiger partial charge in [-0.1, -0.05) is 53.8 Å². The molecule has 6 rings (SSSR count). The smallest absolute Gasteiger partial charge is 0.270 e. The highest BCUT2D eigenvalue weighted by Crippen LogP contribution is 2.33. The number of ether oxygens (including phenoxy) is 1. The number of hydrogen-bond acceptors (Lipinski definition) is 8. The van der Waals surface area contributed by atoms with Crippen molar-refractivity contribution in [2.75, 3.05) is 25.1 Å². The molecule has 13 nitrogen and oxygen atoms in total. The van der Waals surface area contributed by atoms with Gasteiger partial charge in [0.15, 0.2) is 0 Å². The minimum absolute atomic E-state index is 0.00768. The van der Waals surface area contributed by atoms with Crippen molar-refractivity contribution in [3.63, 3.8) is 0 Å².